The lowest BCUT2D eigenvalue weighted by atomic mass is 9.81. The van der Waals surface area contributed by atoms with Gasteiger partial charge in [0.1, 0.15) is 0 Å². The van der Waals surface area contributed by atoms with Gasteiger partial charge in [0.05, 0.1) is 0 Å². The molecule has 1 heteroatoms. The van der Waals surface area contributed by atoms with Crippen molar-refractivity contribution in [1.82, 2.24) is 0 Å². The zero-order chi connectivity index (χ0) is 17.9. The summed E-state index contributed by atoms with van der Waals surface area (Å²) in [6.07, 6.45) is 9.99. The Balaban J connectivity index is 1.31. The standard InChI is InChI=1S/C25H30S/c1-3-19-11-13-20(14-12-19)8-4-5-9-21-15-16-22-23-10-6-7-18(2)25(23)26-24(22)17-21/h11-17,23,25H,2-10H2,1H3/t23?,25-/m0/s1. The predicted octanol–water partition coefficient (Wildman–Crippen LogP) is 7.11. The molecule has 136 valence electrons. The molecule has 1 aliphatic carbocycles. The molecule has 0 radical (unpaired) electrons. The third kappa shape index (κ3) is 3.78. The minimum Gasteiger partial charge on any atom is -0.117 e. The quantitative estimate of drug-likeness (QED) is 0.389. The Morgan fingerprint density at radius 2 is 1.65 bits per heavy atom. The number of rotatable bonds is 6. The normalized spacial score (nSPS) is 21.5. The van der Waals surface area contributed by atoms with Gasteiger partial charge in [-0.05, 0) is 79.7 Å². The maximum Gasteiger partial charge on any atom is 0.0370 e. The van der Waals surface area contributed by atoms with E-state index in [2.05, 4.69) is 67.7 Å². The summed E-state index contributed by atoms with van der Waals surface area (Å²) in [4.78, 5) is 1.54. The molecule has 2 aromatic rings. The molecule has 0 bridgehead atoms. The lowest BCUT2D eigenvalue weighted by molar-refractivity contribution is 0.539. The molecule has 2 aliphatic rings. The first kappa shape index (κ1) is 17.9. The number of thioether (sulfide) groups is 1. The first-order valence-electron chi connectivity index (χ1n) is 10.3. The molecule has 1 saturated carbocycles. The average molecular weight is 363 g/mol. The predicted molar refractivity (Wildman–Crippen MR) is 114 cm³/mol. The molecule has 0 nitrogen and oxygen atoms in total. The minimum atomic E-state index is 0.653. The molecule has 4 rings (SSSR count). The van der Waals surface area contributed by atoms with Crippen molar-refractivity contribution < 1.29 is 0 Å². The smallest absolute Gasteiger partial charge is 0.0370 e. The van der Waals surface area contributed by atoms with Gasteiger partial charge in [-0.1, -0.05) is 55.5 Å². The molecule has 1 unspecified atom stereocenters. The molecule has 2 atom stereocenters. The summed E-state index contributed by atoms with van der Waals surface area (Å²) < 4.78 is 0. The summed E-state index contributed by atoms with van der Waals surface area (Å²) in [6, 6.07) is 16.4. The van der Waals surface area contributed by atoms with E-state index in [1.165, 1.54) is 72.1 Å². The highest BCUT2D eigenvalue weighted by Gasteiger charge is 2.36. The molecule has 2 aromatic carbocycles. The van der Waals surface area contributed by atoms with Crippen LogP contribution in [0.4, 0.5) is 0 Å². The van der Waals surface area contributed by atoms with Crippen LogP contribution in [0.5, 0.6) is 0 Å². The number of hydrogen-bond acceptors (Lipinski definition) is 1. The van der Waals surface area contributed by atoms with E-state index in [1.54, 1.807) is 5.56 Å². The van der Waals surface area contributed by atoms with Crippen LogP contribution in [0.1, 0.15) is 67.2 Å². The van der Waals surface area contributed by atoms with Crippen LogP contribution in [0.2, 0.25) is 0 Å². The van der Waals surface area contributed by atoms with Gasteiger partial charge in [0.25, 0.3) is 0 Å². The van der Waals surface area contributed by atoms with Crippen LogP contribution in [0.15, 0.2) is 59.5 Å². The van der Waals surface area contributed by atoms with Gasteiger partial charge in [-0.25, -0.2) is 0 Å². The van der Waals surface area contributed by atoms with Crippen LogP contribution >= 0.6 is 11.8 Å². The van der Waals surface area contributed by atoms with E-state index in [-0.39, 0.29) is 0 Å². The second kappa shape index (κ2) is 8.05. The lowest BCUT2D eigenvalue weighted by Gasteiger charge is -2.27. The van der Waals surface area contributed by atoms with E-state index in [1.807, 2.05) is 0 Å². The number of unbranched alkanes of at least 4 members (excludes halogenated alkanes) is 1. The fraction of sp³-hybridized carbons (Fsp3) is 0.440. The summed E-state index contributed by atoms with van der Waals surface area (Å²) in [5, 5.41) is 0.653. The SMILES string of the molecule is C=C1CCCC2c3ccc(CCCCc4ccc(CC)cc4)cc3S[C@@H]12. The Morgan fingerprint density at radius 1 is 0.962 bits per heavy atom. The summed E-state index contributed by atoms with van der Waals surface area (Å²) in [7, 11) is 0. The van der Waals surface area contributed by atoms with Gasteiger partial charge < -0.3 is 0 Å². The first-order valence-corrected chi connectivity index (χ1v) is 11.2. The Kier molecular flexibility index (Phi) is 5.55. The van der Waals surface area contributed by atoms with Gasteiger partial charge in [0.2, 0.25) is 0 Å². The Bertz CT molecular complexity index is 771. The van der Waals surface area contributed by atoms with E-state index in [0.29, 0.717) is 5.25 Å². The van der Waals surface area contributed by atoms with Crippen molar-refractivity contribution in [2.75, 3.05) is 0 Å². The van der Waals surface area contributed by atoms with Crippen molar-refractivity contribution in [3.63, 3.8) is 0 Å². The summed E-state index contributed by atoms with van der Waals surface area (Å²) >= 11 is 2.08. The van der Waals surface area contributed by atoms with E-state index in [4.69, 9.17) is 0 Å². The average Bonchev–Trinajstić information content (AvgIpc) is 3.05. The highest BCUT2D eigenvalue weighted by atomic mass is 32.2. The molecule has 1 aliphatic heterocycles. The number of benzene rings is 2. The van der Waals surface area contributed by atoms with Gasteiger partial charge in [-0.3, -0.25) is 0 Å². The van der Waals surface area contributed by atoms with Crippen molar-refractivity contribution in [1.29, 1.82) is 0 Å². The van der Waals surface area contributed by atoms with Gasteiger partial charge >= 0.3 is 0 Å². The number of aryl methyl sites for hydroxylation is 3. The van der Waals surface area contributed by atoms with Gasteiger partial charge in [0, 0.05) is 16.1 Å². The van der Waals surface area contributed by atoms with E-state index in [9.17, 15) is 0 Å². The lowest BCUT2D eigenvalue weighted by Crippen LogP contribution is -2.17. The van der Waals surface area contributed by atoms with Gasteiger partial charge in [0.15, 0.2) is 0 Å². The molecule has 0 N–H and O–H groups in total. The van der Waals surface area contributed by atoms with Crippen LogP contribution < -0.4 is 0 Å². The minimum absolute atomic E-state index is 0.653. The molecule has 1 heterocycles. The second-order valence-electron chi connectivity index (χ2n) is 7.94. The fourth-order valence-corrected chi connectivity index (χ4v) is 6.07. The third-order valence-electron chi connectivity index (χ3n) is 6.12. The van der Waals surface area contributed by atoms with E-state index >= 15 is 0 Å². The van der Waals surface area contributed by atoms with Crippen LogP contribution in [0, 0.1) is 0 Å². The van der Waals surface area contributed by atoms with Gasteiger partial charge in [-0.2, -0.15) is 0 Å². The molecular formula is C25H30S. The molecular weight excluding hydrogens is 332 g/mol. The molecule has 0 aromatic heterocycles. The van der Waals surface area contributed by atoms with Crippen molar-refractivity contribution in [2.24, 2.45) is 0 Å². The highest BCUT2D eigenvalue weighted by molar-refractivity contribution is 8.00. The molecule has 26 heavy (non-hydrogen) atoms. The van der Waals surface area contributed by atoms with Crippen LogP contribution in [-0.4, -0.2) is 5.25 Å². The van der Waals surface area contributed by atoms with Crippen LogP contribution in [0.25, 0.3) is 0 Å². The maximum absolute atomic E-state index is 4.34. The second-order valence-corrected chi connectivity index (χ2v) is 9.13. The largest absolute Gasteiger partial charge is 0.117 e. The van der Waals surface area contributed by atoms with Gasteiger partial charge in [-0.15, -0.1) is 11.8 Å². The molecule has 0 saturated heterocycles. The fourth-order valence-electron chi connectivity index (χ4n) is 4.49. The van der Waals surface area contributed by atoms with E-state index in [0.717, 1.165) is 12.3 Å². The summed E-state index contributed by atoms with van der Waals surface area (Å²) in [5.41, 5.74) is 7.50. The Hall–Kier alpha value is -1.47. The van der Waals surface area contributed by atoms with Crippen molar-refractivity contribution in [3.05, 3.63) is 76.9 Å². The third-order valence-corrected chi connectivity index (χ3v) is 7.65. The van der Waals surface area contributed by atoms with Crippen molar-refractivity contribution in [3.8, 4) is 0 Å². The van der Waals surface area contributed by atoms with Crippen LogP contribution in [0.3, 0.4) is 0 Å². The van der Waals surface area contributed by atoms with Crippen molar-refractivity contribution >= 4 is 11.8 Å². The first-order chi connectivity index (χ1) is 12.7. The summed E-state index contributed by atoms with van der Waals surface area (Å²) in [6.45, 7) is 6.56. The molecule has 0 spiro atoms. The Morgan fingerprint density at radius 3 is 2.42 bits per heavy atom. The Labute approximate surface area is 163 Å². The zero-order valence-electron chi connectivity index (χ0n) is 16.0. The topological polar surface area (TPSA) is 0 Å². The maximum atomic E-state index is 4.34. The highest BCUT2D eigenvalue weighted by Crippen LogP contribution is 2.53. The zero-order valence-corrected chi connectivity index (χ0v) is 16.8. The van der Waals surface area contributed by atoms with E-state index < -0.39 is 0 Å². The number of fused-ring (bicyclic) bond motifs is 3. The summed E-state index contributed by atoms with van der Waals surface area (Å²) in [5.74, 6) is 0.733. The molecule has 1 fully saturated rings. The number of hydrogen-bond donors (Lipinski definition) is 0. The molecule has 0 amide bonds. The monoisotopic (exact) mass is 362 g/mol. The van der Waals surface area contributed by atoms with Crippen LogP contribution in [-0.2, 0) is 19.3 Å². The van der Waals surface area contributed by atoms with Crippen molar-refractivity contribution in [2.45, 2.75) is 74.4 Å².